The van der Waals surface area contributed by atoms with Crippen LogP contribution in [-0.4, -0.2) is 25.1 Å². The molecule has 2 aromatic carbocycles. The molecule has 3 aromatic rings. The van der Waals surface area contributed by atoms with E-state index in [2.05, 4.69) is 10.5 Å². The second-order valence-corrected chi connectivity index (χ2v) is 8.64. The maximum Gasteiger partial charge on any atom is 0.272 e. The Bertz CT molecular complexity index is 1200. The van der Waals surface area contributed by atoms with Gasteiger partial charge in [-0.05, 0) is 67.1 Å². The first-order valence-corrected chi connectivity index (χ1v) is 11.6. The number of nitrogens with zero attached hydrogens (tertiary/aromatic N) is 1. The Labute approximate surface area is 196 Å². The molecule has 2 amide bonds. The van der Waals surface area contributed by atoms with Crippen LogP contribution in [0.3, 0.4) is 0 Å². The van der Waals surface area contributed by atoms with Gasteiger partial charge in [0.05, 0.1) is 24.5 Å². The van der Waals surface area contributed by atoms with Crippen LogP contribution < -0.4 is 20.6 Å². The van der Waals surface area contributed by atoms with Gasteiger partial charge in [0, 0.05) is 15.8 Å². The predicted octanol–water partition coefficient (Wildman–Crippen LogP) is 4.08. The number of thiophene rings is 1. The Morgan fingerprint density at radius 1 is 1.12 bits per heavy atom. The van der Waals surface area contributed by atoms with E-state index >= 15 is 0 Å². The third-order valence-electron chi connectivity index (χ3n) is 5.53. The van der Waals surface area contributed by atoms with Crippen molar-refractivity contribution in [3.05, 3.63) is 80.5 Å². The largest absolute Gasteiger partial charge is 0.496 e. The first kappa shape index (κ1) is 22.5. The minimum atomic E-state index is -0.555. The smallest absolute Gasteiger partial charge is 0.272 e. The van der Waals surface area contributed by atoms with E-state index in [0.717, 1.165) is 36.0 Å². The molecular weight excluding hydrogens is 438 g/mol. The van der Waals surface area contributed by atoms with Crippen LogP contribution in [0.2, 0.25) is 0 Å². The van der Waals surface area contributed by atoms with Crippen LogP contribution >= 0.6 is 11.3 Å². The summed E-state index contributed by atoms with van der Waals surface area (Å²) >= 11 is 1.65. The average Bonchev–Trinajstić information content (AvgIpc) is 3.27. The zero-order valence-corrected chi connectivity index (χ0v) is 19.1. The number of para-hydroxylation sites is 1. The van der Waals surface area contributed by atoms with Gasteiger partial charge in [-0.15, -0.1) is 11.3 Å². The summed E-state index contributed by atoms with van der Waals surface area (Å²) < 4.78 is 11.3. The highest BCUT2D eigenvalue weighted by molar-refractivity contribution is 7.10. The Balaban J connectivity index is 1.44. The number of fused-ring (bicyclic) bond motifs is 1. The Hall–Kier alpha value is -3.65. The Morgan fingerprint density at radius 3 is 2.76 bits per heavy atom. The van der Waals surface area contributed by atoms with Crippen molar-refractivity contribution in [3.8, 4) is 11.5 Å². The predicted molar refractivity (Wildman–Crippen MR) is 128 cm³/mol. The third kappa shape index (κ3) is 5.23. The van der Waals surface area contributed by atoms with E-state index in [1.807, 2.05) is 17.5 Å². The molecule has 4 rings (SSSR count). The first-order valence-electron chi connectivity index (χ1n) is 10.7. The molecule has 0 saturated heterocycles. The molecule has 1 heterocycles. The molecular formula is C25H25N3O4S. The molecule has 1 aliphatic rings. The lowest BCUT2D eigenvalue weighted by Crippen LogP contribution is -2.19. The summed E-state index contributed by atoms with van der Waals surface area (Å²) in [5.74, 6) is 0.294. The lowest BCUT2D eigenvalue weighted by molar-refractivity contribution is 0.0953. The number of carbonyl (C=O) groups is 2. The molecule has 33 heavy (non-hydrogen) atoms. The molecule has 0 spiro atoms. The van der Waals surface area contributed by atoms with Crippen molar-refractivity contribution in [2.45, 2.75) is 32.3 Å². The maximum absolute atomic E-state index is 12.6. The normalized spacial score (nSPS) is 12.9. The molecule has 0 aliphatic heterocycles. The molecule has 3 N–H and O–H groups in total. The summed E-state index contributed by atoms with van der Waals surface area (Å²) in [6, 6.07) is 12.3. The lowest BCUT2D eigenvalue weighted by Gasteiger charge is -2.13. The number of rotatable bonds is 8. The van der Waals surface area contributed by atoms with Gasteiger partial charge >= 0.3 is 0 Å². The van der Waals surface area contributed by atoms with Crippen molar-refractivity contribution in [1.29, 1.82) is 0 Å². The van der Waals surface area contributed by atoms with E-state index in [1.54, 1.807) is 55.0 Å². The number of benzene rings is 2. The third-order valence-corrected chi connectivity index (χ3v) is 6.61. The molecule has 1 aromatic heterocycles. The van der Waals surface area contributed by atoms with Crippen LogP contribution in [0.1, 0.15) is 55.1 Å². The number of aryl methyl sites for hydroxylation is 1. The minimum Gasteiger partial charge on any atom is -0.496 e. The second-order valence-electron chi connectivity index (χ2n) is 7.68. The van der Waals surface area contributed by atoms with Crippen molar-refractivity contribution >= 4 is 29.4 Å². The molecule has 0 unspecified atom stereocenters. The molecule has 0 radical (unpaired) electrons. The van der Waals surface area contributed by atoms with Crippen molar-refractivity contribution in [1.82, 2.24) is 5.43 Å². The standard InChI is InChI=1S/C25H25N3O4S/c1-31-21-11-10-16(12-17(21)14-32-22-8-4-2-7-19(22)24(26)29)13-27-28-25(30)20-15-33-23-9-5-3-6-18(20)23/h2,4,7-8,10-13,15H,3,5-6,9,14H2,1H3,(H2,26,29)(H,28,30). The van der Waals surface area contributed by atoms with E-state index in [9.17, 15) is 9.59 Å². The van der Waals surface area contributed by atoms with Gasteiger partial charge in [0.1, 0.15) is 18.1 Å². The fourth-order valence-electron chi connectivity index (χ4n) is 3.85. The highest BCUT2D eigenvalue weighted by Gasteiger charge is 2.19. The first-order chi connectivity index (χ1) is 16.1. The number of nitrogens with two attached hydrogens (primary N) is 1. The van der Waals surface area contributed by atoms with Gasteiger partial charge in [0.15, 0.2) is 0 Å². The summed E-state index contributed by atoms with van der Waals surface area (Å²) in [7, 11) is 1.58. The second kappa shape index (κ2) is 10.3. The number of amides is 2. The van der Waals surface area contributed by atoms with Gasteiger partial charge in [-0.25, -0.2) is 5.43 Å². The van der Waals surface area contributed by atoms with E-state index in [4.69, 9.17) is 15.2 Å². The number of methoxy groups -OCH3 is 1. The molecule has 7 nitrogen and oxygen atoms in total. The molecule has 8 heteroatoms. The zero-order chi connectivity index (χ0) is 23.2. The number of carbonyl (C=O) groups excluding carboxylic acids is 2. The number of hydrazone groups is 1. The number of primary amides is 1. The van der Waals surface area contributed by atoms with Gasteiger partial charge in [0.2, 0.25) is 0 Å². The summed E-state index contributed by atoms with van der Waals surface area (Å²) in [6.07, 6.45) is 5.89. The summed E-state index contributed by atoms with van der Waals surface area (Å²) in [6.45, 7) is 0.169. The summed E-state index contributed by atoms with van der Waals surface area (Å²) in [4.78, 5) is 25.5. The topological polar surface area (TPSA) is 103 Å². The molecule has 170 valence electrons. The van der Waals surface area contributed by atoms with Crippen LogP contribution in [0.4, 0.5) is 0 Å². The van der Waals surface area contributed by atoms with Crippen LogP contribution in [0.15, 0.2) is 52.9 Å². The van der Waals surface area contributed by atoms with Gasteiger partial charge in [-0.3, -0.25) is 9.59 Å². The van der Waals surface area contributed by atoms with E-state index < -0.39 is 5.91 Å². The van der Waals surface area contributed by atoms with E-state index in [-0.39, 0.29) is 12.5 Å². The lowest BCUT2D eigenvalue weighted by atomic mass is 9.96. The van der Waals surface area contributed by atoms with Crippen molar-refractivity contribution in [2.75, 3.05) is 7.11 Å². The fraction of sp³-hybridized carbons (Fsp3) is 0.240. The van der Waals surface area contributed by atoms with Crippen LogP contribution in [0.25, 0.3) is 0 Å². The van der Waals surface area contributed by atoms with Crippen molar-refractivity contribution in [2.24, 2.45) is 10.8 Å². The Kier molecular flexibility index (Phi) is 7.04. The van der Waals surface area contributed by atoms with Crippen molar-refractivity contribution in [3.63, 3.8) is 0 Å². The maximum atomic E-state index is 12.6. The molecule has 0 fully saturated rings. The van der Waals surface area contributed by atoms with E-state index in [0.29, 0.717) is 17.1 Å². The van der Waals surface area contributed by atoms with Crippen LogP contribution in [-0.2, 0) is 19.4 Å². The van der Waals surface area contributed by atoms with Gasteiger partial charge < -0.3 is 15.2 Å². The molecule has 0 saturated carbocycles. The number of hydrogen-bond acceptors (Lipinski definition) is 6. The van der Waals surface area contributed by atoms with Gasteiger partial charge in [-0.2, -0.15) is 5.10 Å². The van der Waals surface area contributed by atoms with Crippen LogP contribution in [0, 0.1) is 0 Å². The van der Waals surface area contributed by atoms with E-state index in [1.165, 1.54) is 16.9 Å². The fourth-order valence-corrected chi connectivity index (χ4v) is 4.98. The number of nitrogens with one attached hydrogen (secondary N) is 1. The van der Waals surface area contributed by atoms with Crippen LogP contribution in [0.5, 0.6) is 11.5 Å². The minimum absolute atomic E-state index is 0.169. The Morgan fingerprint density at radius 2 is 1.94 bits per heavy atom. The zero-order valence-electron chi connectivity index (χ0n) is 18.3. The quantitative estimate of drug-likeness (QED) is 0.388. The summed E-state index contributed by atoms with van der Waals surface area (Å²) in [5, 5.41) is 6.06. The van der Waals surface area contributed by atoms with Gasteiger partial charge in [0.25, 0.3) is 11.8 Å². The van der Waals surface area contributed by atoms with Gasteiger partial charge in [-0.1, -0.05) is 12.1 Å². The average molecular weight is 464 g/mol. The molecule has 1 aliphatic carbocycles. The number of hydrogen-bond donors (Lipinski definition) is 2. The SMILES string of the molecule is COc1ccc(C=NNC(=O)c2csc3c2CCCC3)cc1COc1ccccc1C(N)=O. The molecule has 0 bridgehead atoms. The molecule has 0 atom stereocenters. The highest BCUT2D eigenvalue weighted by atomic mass is 32.1. The highest BCUT2D eigenvalue weighted by Crippen LogP contribution is 2.30. The monoisotopic (exact) mass is 463 g/mol. The number of ether oxygens (including phenoxy) is 2. The van der Waals surface area contributed by atoms with Crippen molar-refractivity contribution < 1.29 is 19.1 Å². The summed E-state index contributed by atoms with van der Waals surface area (Å²) in [5.41, 5.74) is 11.8.